The highest BCUT2D eigenvalue weighted by atomic mass is 32.1. The second-order valence-corrected chi connectivity index (χ2v) is 4.56. The summed E-state index contributed by atoms with van der Waals surface area (Å²) in [5.41, 5.74) is -0.120. The normalized spacial score (nSPS) is 10.1. The van der Waals surface area contributed by atoms with E-state index in [1.54, 1.807) is 0 Å². The van der Waals surface area contributed by atoms with Gasteiger partial charge in [-0.25, -0.2) is 4.79 Å². The number of nitro groups is 1. The Morgan fingerprint density at radius 2 is 2.10 bits per heavy atom. The molecule has 1 aromatic carbocycles. The summed E-state index contributed by atoms with van der Waals surface area (Å²) in [6.45, 7) is 0. The minimum atomic E-state index is -1.04. The molecule has 0 spiro atoms. The van der Waals surface area contributed by atoms with Crippen LogP contribution in [0.25, 0.3) is 0 Å². The number of thiophene rings is 1. The molecular weight excluding hydrogens is 286 g/mol. The average Bonchev–Trinajstić information content (AvgIpc) is 2.87. The van der Waals surface area contributed by atoms with E-state index in [4.69, 9.17) is 14.6 Å². The number of non-ortho nitro benzene ring substituents is 1. The fourth-order valence-electron chi connectivity index (χ4n) is 1.47. The first kappa shape index (κ1) is 13.8. The van der Waals surface area contributed by atoms with E-state index in [9.17, 15) is 14.9 Å². The molecule has 0 fully saturated rings. The zero-order valence-electron chi connectivity index (χ0n) is 10.2. The number of benzene rings is 1. The van der Waals surface area contributed by atoms with Crippen molar-refractivity contribution in [1.82, 2.24) is 0 Å². The molecule has 0 saturated heterocycles. The topological polar surface area (TPSA) is 98.9 Å². The number of carboxylic acid groups (broad SMARTS) is 1. The van der Waals surface area contributed by atoms with Crippen LogP contribution in [0.2, 0.25) is 0 Å². The number of hydrogen-bond acceptors (Lipinski definition) is 6. The molecule has 2 aromatic rings. The maximum atomic E-state index is 10.8. The fourth-order valence-corrected chi connectivity index (χ4v) is 2.11. The minimum absolute atomic E-state index is 0.120. The summed E-state index contributed by atoms with van der Waals surface area (Å²) in [6.07, 6.45) is 0. The van der Waals surface area contributed by atoms with Gasteiger partial charge < -0.3 is 14.6 Å². The predicted molar refractivity (Wildman–Crippen MR) is 71.0 cm³/mol. The zero-order chi connectivity index (χ0) is 14.7. The van der Waals surface area contributed by atoms with E-state index in [2.05, 4.69) is 0 Å². The van der Waals surface area contributed by atoms with Crippen molar-refractivity contribution in [3.63, 3.8) is 0 Å². The molecular formula is C12H9NO6S. The Morgan fingerprint density at radius 1 is 1.35 bits per heavy atom. The molecule has 1 N–H and O–H groups in total. The Morgan fingerprint density at radius 3 is 2.65 bits per heavy atom. The molecule has 7 nitrogen and oxygen atoms in total. The summed E-state index contributed by atoms with van der Waals surface area (Å²) in [4.78, 5) is 21.0. The molecule has 0 unspecified atom stereocenters. The van der Waals surface area contributed by atoms with Crippen molar-refractivity contribution in [1.29, 1.82) is 0 Å². The van der Waals surface area contributed by atoms with E-state index in [0.29, 0.717) is 5.75 Å². The molecule has 0 aliphatic rings. The van der Waals surface area contributed by atoms with Crippen molar-refractivity contribution in [2.45, 2.75) is 0 Å². The van der Waals surface area contributed by atoms with Crippen LogP contribution in [0.15, 0.2) is 29.6 Å². The number of carboxylic acids is 1. The Hall–Kier alpha value is -2.61. The van der Waals surface area contributed by atoms with Crippen LogP contribution >= 0.6 is 11.3 Å². The number of aromatic carboxylic acids is 1. The summed E-state index contributed by atoms with van der Waals surface area (Å²) in [7, 11) is 1.36. The van der Waals surface area contributed by atoms with E-state index in [1.165, 1.54) is 36.8 Å². The highest BCUT2D eigenvalue weighted by molar-refractivity contribution is 7.12. The summed E-state index contributed by atoms with van der Waals surface area (Å²) >= 11 is 1.02. The molecule has 0 amide bonds. The molecule has 0 radical (unpaired) electrons. The van der Waals surface area contributed by atoms with Crippen molar-refractivity contribution in [2.75, 3.05) is 7.11 Å². The second-order valence-electron chi connectivity index (χ2n) is 3.65. The SMILES string of the molecule is COc1cc([N+](=O)[O-])ccc1Oc1csc(C(=O)O)c1. The van der Waals surface area contributed by atoms with Gasteiger partial charge in [0.25, 0.3) is 5.69 Å². The van der Waals surface area contributed by atoms with Gasteiger partial charge in [-0.15, -0.1) is 11.3 Å². The molecule has 0 bridgehead atoms. The number of carbonyl (C=O) groups is 1. The Kier molecular flexibility index (Phi) is 3.85. The van der Waals surface area contributed by atoms with Gasteiger partial charge in [-0.2, -0.15) is 0 Å². The molecule has 8 heteroatoms. The van der Waals surface area contributed by atoms with Gasteiger partial charge in [-0.1, -0.05) is 0 Å². The van der Waals surface area contributed by atoms with Gasteiger partial charge in [0.1, 0.15) is 10.6 Å². The summed E-state index contributed by atoms with van der Waals surface area (Å²) in [5, 5.41) is 21.0. The highest BCUT2D eigenvalue weighted by Crippen LogP contribution is 2.35. The zero-order valence-corrected chi connectivity index (χ0v) is 11.0. The first-order valence-corrected chi connectivity index (χ1v) is 6.21. The molecule has 2 rings (SSSR count). The molecule has 20 heavy (non-hydrogen) atoms. The van der Waals surface area contributed by atoms with Gasteiger partial charge in [-0.05, 0) is 6.07 Å². The number of nitrogens with zero attached hydrogens (tertiary/aromatic N) is 1. The van der Waals surface area contributed by atoms with Crippen LogP contribution < -0.4 is 9.47 Å². The van der Waals surface area contributed by atoms with E-state index < -0.39 is 10.9 Å². The molecule has 1 heterocycles. The van der Waals surface area contributed by atoms with E-state index in [0.717, 1.165) is 11.3 Å². The molecule has 0 aliphatic carbocycles. The Labute approximate surface area is 117 Å². The van der Waals surface area contributed by atoms with Crippen LogP contribution in [0.5, 0.6) is 17.2 Å². The highest BCUT2D eigenvalue weighted by Gasteiger charge is 2.14. The van der Waals surface area contributed by atoms with E-state index in [-0.39, 0.29) is 22.1 Å². The van der Waals surface area contributed by atoms with Crippen LogP contribution in [0.3, 0.4) is 0 Å². The molecule has 0 aliphatic heterocycles. The predicted octanol–water partition coefficient (Wildman–Crippen LogP) is 3.16. The first-order valence-electron chi connectivity index (χ1n) is 5.33. The molecule has 0 atom stereocenters. The van der Waals surface area contributed by atoms with Gasteiger partial charge in [0.2, 0.25) is 0 Å². The van der Waals surface area contributed by atoms with Crippen LogP contribution in [-0.4, -0.2) is 23.1 Å². The smallest absolute Gasteiger partial charge is 0.346 e. The second kappa shape index (κ2) is 5.57. The summed E-state index contributed by atoms with van der Waals surface area (Å²) < 4.78 is 10.5. The lowest BCUT2D eigenvalue weighted by atomic mass is 10.3. The monoisotopic (exact) mass is 295 g/mol. The van der Waals surface area contributed by atoms with E-state index >= 15 is 0 Å². The number of nitro benzene ring substituents is 1. The molecule has 104 valence electrons. The van der Waals surface area contributed by atoms with Gasteiger partial charge in [0.05, 0.1) is 18.1 Å². The quantitative estimate of drug-likeness (QED) is 0.672. The maximum Gasteiger partial charge on any atom is 0.346 e. The third-order valence-corrected chi connectivity index (χ3v) is 3.27. The number of rotatable bonds is 5. The van der Waals surface area contributed by atoms with Crippen molar-refractivity contribution in [3.8, 4) is 17.2 Å². The molecule has 0 saturated carbocycles. The van der Waals surface area contributed by atoms with Crippen LogP contribution in [0.4, 0.5) is 5.69 Å². The van der Waals surface area contributed by atoms with Gasteiger partial charge in [0.15, 0.2) is 11.5 Å². The number of methoxy groups -OCH3 is 1. The van der Waals surface area contributed by atoms with Crippen LogP contribution in [0.1, 0.15) is 9.67 Å². The summed E-state index contributed by atoms with van der Waals surface area (Å²) in [5.74, 6) is -0.241. The average molecular weight is 295 g/mol. The lowest BCUT2D eigenvalue weighted by Crippen LogP contribution is -1.93. The van der Waals surface area contributed by atoms with Crippen molar-refractivity contribution in [2.24, 2.45) is 0 Å². The Balaban J connectivity index is 2.28. The third kappa shape index (κ3) is 2.86. The lowest BCUT2D eigenvalue weighted by molar-refractivity contribution is -0.384. The minimum Gasteiger partial charge on any atom is -0.493 e. The van der Waals surface area contributed by atoms with Crippen LogP contribution in [-0.2, 0) is 0 Å². The lowest BCUT2D eigenvalue weighted by Gasteiger charge is -2.08. The maximum absolute atomic E-state index is 10.8. The third-order valence-electron chi connectivity index (χ3n) is 2.37. The van der Waals surface area contributed by atoms with Crippen molar-refractivity contribution < 1.29 is 24.3 Å². The van der Waals surface area contributed by atoms with Crippen molar-refractivity contribution >= 4 is 23.0 Å². The number of hydrogen-bond donors (Lipinski definition) is 1. The van der Waals surface area contributed by atoms with E-state index in [1.807, 2.05) is 0 Å². The Bertz CT molecular complexity index is 666. The standard InChI is InChI=1S/C12H9NO6S/c1-18-10-4-7(13(16)17)2-3-9(10)19-8-5-11(12(14)15)20-6-8/h2-6H,1H3,(H,14,15). The molecule has 1 aromatic heterocycles. The van der Waals surface area contributed by atoms with Gasteiger partial charge in [-0.3, -0.25) is 10.1 Å². The summed E-state index contributed by atoms with van der Waals surface area (Å²) in [6, 6.07) is 5.28. The first-order chi connectivity index (χ1) is 9.51. The van der Waals surface area contributed by atoms with Gasteiger partial charge >= 0.3 is 5.97 Å². The number of ether oxygens (including phenoxy) is 2. The van der Waals surface area contributed by atoms with Crippen molar-refractivity contribution in [3.05, 3.63) is 44.6 Å². The van der Waals surface area contributed by atoms with Gasteiger partial charge in [0, 0.05) is 17.5 Å². The fraction of sp³-hybridized carbons (Fsp3) is 0.0833. The largest absolute Gasteiger partial charge is 0.493 e. The van der Waals surface area contributed by atoms with Crippen LogP contribution in [0, 0.1) is 10.1 Å².